The van der Waals surface area contributed by atoms with Gasteiger partial charge < -0.3 is 15.4 Å². The second-order valence-electron chi connectivity index (χ2n) is 8.74. The lowest BCUT2D eigenvalue weighted by Crippen LogP contribution is -2.34. The van der Waals surface area contributed by atoms with Crippen LogP contribution < -0.4 is 10.6 Å². The van der Waals surface area contributed by atoms with Gasteiger partial charge in [-0.05, 0) is 54.1 Å². The van der Waals surface area contributed by atoms with Gasteiger partial charge in [0.2, 0.25) is 0 Å². The predicted octanol–water partition coefficient (Wildman–Crippen LogP) is 5.00. The molecule has 0 unspecified atom stereocenters. The van der Waals surface area contributed by atoms with Gasteiger partial charge in [0.1, 0.15) is 6.61 Å². The van der Waals surface area contributed by atoms with E-state index in [1.165, 1.54) is 18.4 Å². The van der Waals surface area contributed by atoms with Crippen molar-refractivity contribution in [1.82, 2.24) is 15.5 Å². The van der Waals surface area contributed by atoms with E-state index in [1.54, 1.807) is 24.3 Å². The third-order valence-corrected chi connectivity index (χ3v) is 5.77. The van der Waals surface area contributed by atoms with Gasteiger partial charge in [0.25, 0.3) is 0 Å². The van der Waals surface area contributed by atoms with Crippen LogP contribution in [0.2, 0.25) is 0 Å². The predicted molar refractivity (Wildman–Crippen MR) is 121 cm³/mol. The van der Waals surface area contributed by atoms with Crippen molar-refractivity contribution in [3.8, 4) is 0 Å². The van der Waals surface area contributed by atoms with Gasteiger partial charge in [-0.1, -0.05) is 55.5 Å². The number of hydrogen-bond donors (Lipinski definition) is 2. The highest BCUT2D eigenvalue weighted by atomic mass is 19.4. The Morgan fingerprint density at radius 2 is 1.39 bits per heavy atom. The van der Waals surface area contributed by atoms with E-state index in [-0.39, 0.29) is 12.6 Å². The lowest BCUT2D eigenvalue weighted by atomic mass is 9.99. The first kappa shape index (κ1) is 25.1. The molecule has 0 saturated carbocycles. The maximum Gasteiger partial charge on any atom is 0.411 e. The number of alkyl halides is 3. The molecule has 1 aliphatic heterocycles. The molecule has 2 N–H and O–H groups in total. The van der Waals surface area contributed by atoms with Crippen LogP contribution in [0.5, 0.6) is 0 Å². The number of ether oxygens (including phenoxy) is 1. The van der Waals surface area contributed by atoms with E-state index in [2.05, 4.69) is 39.3 Å². The second-order valence-corrected chi connectivity index (χ2v) is 8.74. The first-order chi connectivity index (χ1) is 15.8. The van der Waals surface area contributed by atoms with E-state index < -0.39 is 12.8 Å². The SMILES string of the molecule is CC1CCN(Cc2ccc(CNC(=O)NCc3ccc(COCC(F)(F)F)cc3)cc2)CC1. The fourth-order valence-electron chi connectivity index (χ4n) is 3.71. The van der Waals surface area contributed by atoms with E-state index in [0.29, 0.717) is 18.7 Å². The standard InChI is InChI=1S/C25H32F3N3O2/c1-19-10-12-31(13-11-19)16-22-6-2-20(3-7-22)14-29-24(32)30-15-21-4-8-23(9-5-21)17-33-18-25(26,27)28/h2-9,19H,10-18H2,1H3,(H2,29,30,32). The monoisotopic (exact) mass is 463 g/mol. The third kappa shape index (κ3) is 9.43. The minimum absolute atomic E-state index is 0.107. The Morgan fingerprint density at radius 3 is 1.91 bits per heavy atom. The number of benzene rings is 2. The van der Waals surface area contributed by atoms with Crippen LogP contribution in [-0.4, -0.2) is 36.8 Å². The molecule has 2 aromatic rings. The zero-order valence-corrected chi connectivity index (χ0v) is 19.0. The molecule has 180 valence electrons. The number of carbonyl (C=O) groups excluding carboxylic acids is 1. The second kappa shape index (κ2) is 12.0. The number of hydrogen-bond acceptors (Lipinski definition) is 3. The molecule has 1 saturated heterocycles. The van der Waals surface area contributed by atoms with Crippen molar-refractivity contribution in [3.05, 3.63) is 70.8 Å². The van der Waals surface area contributed by atoms with E-state index >= 15 is 0 Å². The molecule has 33 heavy (non-hydrogen) atoms. The number of nitrogens with zero attached hydrogens (tertiary/aromatic N) is 1. The Labute approximate surface area is 193 Å². The molecule has 8 heteroatoms. The number of amides is 2. The van der Waals surface area contributed by atoms with Crippen LogP contribution in [-0.2, 0) is 31.0 Å². The van der Waals surface area contributed by atoms with Crippen LogP contribution in [0, 0.1) is 5.92 Å². The summed E-state index contributed by atoms with van der Waals surface area (Å²) in [5.74, 6) is 0.825. The highest BCUT2D eigenvalue weighted by Gasteiger charge is 2.27. The van der Waals surface area contributed by atoms with Crippen molar-refractivity contribution >= 4 is 6.03 Å². The number of carbonyl (C=O) groups is 1. The molecule has 1 aliphatic rings. The quantitative estimate of drug-likeness (QED) is 0.551. The van der Waals surface area contributed by atoms with Gasteiger partial charge in [-0.3, -0.25) is 4.90 Å². The maximum atomic E-state index is 12.1. The Balaban J connectivity index is 1.34. The van der Waals surface area contributed by atoms with E-state index in [4.69, 9.17) is 0 Å². The Kier molecular flexibility index (Phi) is 9.14. The number of rotatable bonds is 9. The summed E-state index contributed by atoms with van der Waals surface area (Å²) < 4.78 is 41.0. The van der Waals surface area contributed by atoms with Crippen LogP contribution in [0.25, 0.3) is 0 Å². The fourth-order valence-corrected chi connectivity index (χ4v) is 3.71. The van der Waals surface area contributed by atoms with Crippen molar-refractivity contribution in [3.63, 3.8) is 0 Å². The molecule has 0 aliphatic carbocycles. The highest BCUT2D eigenvalue weighted by molar-refractivity contribution is 5.73. The molecule has 1 heterocycles. The molecule has 0 spiro atoms. The topological polar surface area (TPSA) is 53.6 Å². The van der Waals surface area contributed by atoms with Crippen LogP contribution in [0.3, 0.4) is 0 Å². The number of likely N-dealkylation sites (tertiary alicyclic amines) is 1. The molecule has 0 bridgehead atoms. The minimum atomic E-state index is -4.33. The smallest absolute Gasteiger partial charge is 0.367 e. The molecule has 0 aromatic heterocycles. The van der Waals surface area contributed by atoms with Gasteiger partial charge in [0, 0.05) is 19.6 Å². The molecule has 0 radical (unpaired) electrons. The number of piperidine rings is 1. The fraction of sp³-hybridized carbons (Fsp3) is 0.480. The van der Waals surface area contributed by atoms with E-state index in [1.807, 2.05) is 12.1 Å². The van der Waals surface area contributed by atoms with Crippen LogP contribution in [0.1, 0.15) is 42.0 Å². The molecular weight excluding hydrogens is 431 g/mol. The maximum absolute atomic E-state index is 12.1. The van der Waals surface area contributed by atoms with E-state index in [9.17, 15) is 18.0 Å². The van der Waals surface area contributed by atoms with Crippen molar-refractivity contribution in [1.29, 1.82) is 0 Å². The van der Waals surface area contributed by atoms with Gasteiger partial charge in [0.05, 0.1) is 6.61 Å². The zero-order chi connectivity index (χ0) is 23.7. The summed E-state index contributed by atoms with van der Waals surface area (Å²) in [7, 11) is 0. The zero-order valence-electron chi connectivity index (χ0n) is 19.0. The summed E-state index contributed by atoms with van der Waals surface area (Å²) in [6.07, 6.45) is -1.81. The van der Waals surface area contributed by atoms with Crippen molar-refractivity contribution in [2.75, 3.05) is 19.7 Å². The third-order valence-electron chi connectivity index (χ3n) is 5.77. The highest BCUT2D eigenvalue weighted by Crippen LogP contribution is 2.18. The molecule has 2 amide bonds. The van der Waals surface area contributed by atoms with Gasteiger partial charge in [-0.25, -0.2) is 4.79 Å². The summed E-state index contributed by atoms with van der Waals surface area (Å²) >= 11 is 0. The molecule has 0 atom stereocenters. The van der Waals surface area contributed by atoms with Gasteiger partial charge >= 0.3 is 12.2 Å². The van der Waals surface area contributed by atoms with Crippen LogP contribution in [0.15, 0.2) is 48.5 Å². The molecular formula is C25H32F3N3O2. The molecule has 5 nitrogen and oxygen atoms in total. The summed E-state index contributed by atoms with van der Waals surface area (Å²) in [4.78, 5) is 14.6. The van der Waals surface area contributed by atoms with Crippen LogP contribution in [0.4, 0.5) is 18.0 Å². The first-order valence-corrected chi connectivity index (χ1v) is 11.3. The molecule has 2 aromatic carbocycles. The number of halogens is 3. The van der Waals surface area contributed by atoms with Gasteiger partial charge in [-0.2, -0.15) is 13.2 Å². The van der Waals surface area contributed by atoms with Crippen molar-refractivity contribution < 1.29 is 22.7 Å². The first-order valence-electron chi connectivity index (χ1n) is 11.3. The average Bonchev–Trinajstić information content (AvgIpc) is 2.79. The summed E-state index contributed by atoms with van der Waals surface area (Å²) in [6, 6.07) is 14.9. The largest absolute Gasteiger partial charge is 0.411 e. The van der Waals surface area contributed by atoms with E-state index in [0.717, 1.165) is 36.7 Å². The average molecular weight is 464 g/mol. The van der Waals surface area contributed by atoms with Crippen LogP contribution >= 0.6 is 0 Å². The Bertz CT molecular complexity index is 862. The minimum Gasteiger partial charge on any atom is -0.367 e. The van der Waals surface area contributed by atoms with Gasteiger partial charge in [-0.15, -0.1) is 0 Å². The van der Waals surface area contributed by atoms with Gasteiger partial charge in [0.15, 0.2) is 0 Å². The summed E-state index contributed by atoms with van der Waals surface area (Å²) in [5, 5.41) is 5.63. The molecule has 1 fully saturated rings. The summed E-state index contributed by atoms with van der Waals surface area (Å²) in [5.41, 5.74) is 3.81. The summed E-state index contributed by atoms with van der Waals surface area (Å²) in [6.45, 7) is 4.96. The van der Waals surface area contributed by atoms with Crippen molar-refractivity contribution in [2.45, 2.75) is 52.2 Å². The number of urea groups is 1. The molecule has 3 rings (SSSR count). The Morgan fingerprint density at radius 1 is 0.909 bits per heavy atom. The number of nitrogens with one attached hydrogen (secondary N) is 2. The Hall–Kier alpha value is -2.58. The normalized spacial score (nSPS) is 15.4. The van der Waals surface area contributed by atoms with Crippen molar-refractivity contribution in [2.24, 2.45) is 5.92 Å². The lowest BCUT2D eigenvalue weighted by Gasteiger charge is -2.30. The lowest BCUT2D eigenvalue weighted by molar-refractivity contribution is -0.176.